The molecule has 6 nitrogen and oxygen atoms in total. The minimum atomic E-state index is -1.14. The average Bonchev–Trinajstić information content (AvgIpc) is 2.50. The molecule has 1 aromatic rings. The lowest BCUT2D eigenvalue weighted by atomic mass is 9.99. The zero-order chi connectivity index (χ0) is 15.6. The van der Waals surface area contributed by atoms with Crippen molar-refractivity contribution in [1.29, 1.82) is 0 Å². The summed E-state index contributed by atoms with van der Waals surface area (Å²) in [6.45, 7) is 5.61. The van der Waals surface area contributed by atoms with Crippen molar-refractivity contribution in [3.05, 3.63) is 34.4 Å². The Morgan fingerprint density at radius 3 is 2.43 bits per heavy atom. The molecule has 0 saturated carbocycles. The summed E-state index contributed by atoms with van der Waals surface area (Å²) in [6.07, 6.45) is -0.207. The fraction of sp³-hybridized carbons (Fsp3) is 0.357. The summed E-state index contributed by atoms with van der Waals surface area (Å²) in [5.41, 5.74) is 3.21. The Morgan fingerprint density at radius 2 is 1.81 bits per heavy atom. The van der Waals surface area contributed by atoms with Gasteiger partial charge >= 0.3 is 15.9 Å². The van der Waals surface area contributed by atoms with Crippen LogP contribution in [0.15, 0.2) is 12.1 Å². The van der Waals surface area contributed by atoms with Gasteiger partial charge in [0.1, 0.15) is 6.04 Å². The number of amides is 1. The monoisotopic (exact) mass is 304 g/mol. The molecular weight excluding hydrogens is 289 g/mol. The highest BCUT2D eigenvalue weighted by atomic mass is 27.2. The summed E-state index contributed by atoms with van der Waals surface area (Å²) >= 11 is -1.14. The van der Waals surface area contributed by atoms with Gasteiger partial charge in [-0.25, -0.2) is 0 Å². The standard InChI is InChI=1S/C14H17NO5.Al/c1-7-4-8(2)12(9(3)5-7)13(18)15-10(14(19)20)6-11(16)17;/h4-5,10H,6H2,1-3H3,(H,15,18)(H,16,17)(H,19,20);/q;+2/p-2/t10-;/m0./s1. The highest BCUT2D eigenvalue weighted by molar-refractivity contribution is 6.27. The molecule has 1 N–H and O–H groups in total. The SMILES string of the molecule is Cc1cc(C)c(C(=O)N[C@H]2CC(=O)[O][Al][O]C2=O)c(C)c1. The summed E-state index contributed by atoms with van der Waals surface area (Å²) < 4.78 is 9.49. The fourth-order valence-corrected chi connectivity index (χ4v) is 2.89. The Morgan fingerprint density at radius 1 is 1.19 bits per heavy atom. The van der Waals surface area contributed by atoms with Crippen LogP contribution in [0.5, 0.6) is 0 Å². The van der Waals surface area contributed by atoms with E-state index >= 15 is 0 Å². The second-order valence-electron chi connectivity index (χ2n) is 5.03. The smallest absolute Gasteiger partial charge is 0.589 e. The van der Waals surface area contributed by atoms with Crippen molar-refractivity contribution in [1.82, 2.24) is 5.32 Å². The van der Waals surface area contributed by atoms with Crippen LogP contribution in [0.1, 0.15) is 33.5 Å². The van der Waals surface area contributed by atoms with Gasteiger partial charge in [-0.15, -0.1) is 0 Å². The van der Waals surface area contributed by atoms with Crippen molar-refractivity contribution in [2.75, 3.05) is 0 Å². The number of carbonyl (C=O) groups is 3. The van der Waals surface area contributed by atoms with Gasteiger partial charge in [0.25, 0.3) is 17.8 Å². The second kappa shape index (κ2) is 6.29. The van der Waals surface area contributed by atoms with E-state index < -0.39 is 39.8 Å². The molecule has 1 amide bonds. The maximum atomic E-state index is 12.4. The number of nitrogens with one attached hydrogen (secondary N) is 1. The van der Waals surface area contributed by atoms with Crippen molar-refractivity contribution in [2.24, 2.45) is 0 Å². The molecule has 0 aromatic heterocycles. The van der Waals surface area contributed by atoms with Gasteiger partial charge < -0.3 is 12.9 Å². The Kier molecular flexibility index (Phi) is 4.66. The van der Waals surface area contributed by atoms with Gasteiger partial charge in [-0.2, -0.15) is 0 Å². The maximum absolute atomic E-state index is 12.4. The van der Waals surface area contributed by atoms with Crippen LogP contribution in [0.25, 0.3) is 0 Å². The van der Waals surface area contributed by atoms with E-state index in [9.17, 15) is 14.4 Å². The Balaban J connectivity index is 2.21. The molecule has 1 aromatic carbocycles. The number of hydrogen-bond acceptors (Lipinski definition) is 5. The highest BCUT2D eigenvalue weighted by Gasteiger charge is 2.31. The average molecular weight is 304 g/mol. The van der Waals surface area contributed by atoms with Crippen LogP contribution in [-0.2, 0) is 17.2 Å². The molecular formula is C14H15AlNO5. The molecule has 0 unspecified atom stereocenters. The zero-order valence-corrected chi connectivity index (χ0v) is 13.2. The number of rotatable bonds is 2. The zero-order valence-electron chi connectivity index (χ0n) is 12.1. The van der Waals surface area contributed by atoms with Crippen LogP contribution in [0.3, 0.4) is 0 Å². The largest absolute Gasteiger partial charge is 0.885 e. The third-order valence-electron chi connectivity index (χ3n) is 3.21. The molecule has 1 atom stereocenters. The van der Waals surface area contributed by atoms with Gasteiger partial charge in [-0.1, -0.05) is 17.7 Å². The van der Waals surface area contributed by atoms with Crippen molar-refractivity contribution < 1.29 is 22.0 Å². The predicted octanol–water partition coefficient (Wildman–Crippen LogP) is 0.735. The van der Waals surface area contributed by atoms with E-state index in [2.05, 4.69) is 5.32 Å². The van der Waals surface area contributed by atoms with E-state index in [4.69, 9.17) is 7.58 Å². The molecule has 1 saturated heterocycles. The van der Waals surface area contributed by atoms with E-state index in [-0.39, 0.29) is 6.42 Å². The van der Waals surface area contributed by atoms with Crippen LogP contribution in [0, 0.1) is 20.8 Å². The lowest BCUT2D eigenvalue weighted by molar-refractivity contribution is -0.137. The Bertz CT molecular complexity index is 590. The summed E-state index contributed by atoms with van der Waals surface area (Å²) in [5.74, 6) is -1.57. The van der Waals surface area contributed by atoms with E-state index in [1.165, 1.54) is 0 Å². The topological polar surface area (TPSA) is 81.7 Å². The number of hydrogen-bond donors (Lipinski definition) is 1. The van der Waals surface area contributed by atoms with Crippen molar-refractivity contribution >= 4 is 33.7 Å². The third-order valence-corrected chi connectivity index (χ3v) is 3.90. The van der Waals surface area contributed by atoms with E-state index in [0.717, 1.165) is 16.7 Å². The molecule has 1 aliphatic heterocycles. The van der Waals surface area contributed by atoms with Crippen LogP contribution in [0.2, 0.25) is 0 Å². The summed E-state index contributed by atoms with van der Waals surface area (Å²) in [6, 6.07) is 2.79. The summed E-state index contributed by atoms with van der Waals surface area (Å²) in [4.78, 5) is 35.4. The molecule has 1 aliphatic rings. The van der Waals surface area contributed by atoms with Crippen LogP contribution in [0.4, 0.5) is 0 Å². The Labute approximate surface area is 129 Å². The van der Waals surface area contributed by atoms with Gasteiger partial charge in [0.15, 0.2) is 0 Å². The fourth-order valence-electron chi connectivity index (χ4n) is 2.38. The summed E-state index contributed by atoms with van der Waals surface area (Å²) in [5, 5.41) is 2.56. The number of carbonyl (C=O) groups excluding carboxylic acids is 3. The molecule has 21 heavy (non-hydrogen) atoms. The van der Waals surface area contributed by atoms with E-state index in [0.29, 0.717) is 5.56 Å². The first-order valence-corrected chi connectivity index (χ1v) is 7.43. The normalized spacial score (nSPS) is 18.1. The van der Waals surface area contributed by atoms with Crippen molar-refractivity contribution in [3.8, 4) is 0 Å². The van der Waals surface area contributed by atoms with Crippen molar-refractivity contribution in [2.45, 2.75) is 33.2 Å². The summed E-state index contributed by atoms with van der Waals surface area (Å²) in [7, 11) is 0. The van der Waals surface area contributed by atoms with Crippen LogP contribution in [-0.4, -0.2) is 39.8 Å². The van der Waals surface area contributed by atoms with Crippen LogP contribution < -0.4 is 5.32 Å². The molecule has 1 heterocycles. The van der Waals surface area contributed by atoms with Crippen molar-refractivity contribution in [3.63, 3.8) is 0 Å². The van der Waals surface area contributed by atoms with Gasteiger partial charge in [0.05, 0.1) is 6.42 Å². The van der Waals surface area contributed by atoms with Gasteiger partial charge in [-0.05, 0) is 31.9 Å². The lowest BCUT2D eigenvalue weighted by Gasteiger charge is -2.16. The molecule has 1 fully saturated rings. The molecule has 7 heteroatoms. The molecule has 0 bridgehead atoms. The first-order valence-electron chi connectivity index (χ1n) is 6.49. The first-order chi connectivity index (χ1) is 9.88. The first kappa shape index (κ1) is 15.5. The minimum Gasteiger partial charge on any atom is -0.589 e. The predicted molar refractivity (Wildman–Crippen MR) is 74.5 cm³/mol. The molecule has 2 rings (SSSR count). The van der Waals surface area contributed by atoms with Gasteiger partial charge in [0.2, 0.25) is 0 Å². The molecule has 0 spiro atoms. The second-order valence-corrected chi connectivity index (χ2v) is 5.69. The van der Waals surface area contributed by atoms with E-state index in [1.807, 2.05) is 32.9 Å². The highest BCUT2D eigenvalue weighted by Crippen LogP contribution is 2.17. The Hall–Kier alpha value is -1.84. The molecule has 1 radical (unpaired) electrons. The molecule has 0 aliphatic carbocycles. The quantitative estimate of drug-likeness (QED) is 0.815. The van der Waals surface area contributed by atoms with Gasteiger partial charge in [-0.3, -0.25) is 14.4 Å². The van der Waals surface area contributed by atoms with E-state index in [1.54, 1.807) is 0 Å². The number of benzene rings is 1. The van der Waals surface area contributed by atoms with Gasteiger partial charge in [0, 0.05) is 5.56 Å². The minimum absolute atomic E-state index is 0.207. The third kappa shape index (κ3) is 3.63. The van der Waals surface area contributed by atoms with Crippen LogP contribution >= 0.6 is 0 Å². The number of aryl methyl sites for hydroxylation is 3. The lowest BCUT2D eigenvalue weighted by Crippen LogP contribution is -2.42. The maximum Gasteiger partial charge on any atom is 0.885 e. The molecule has 109 valence electrons.